The lowest BCUT2D eigenvalue weighted by Gasteiger charge is -2.16. The first kappa shape index (κ1) is 16.9. The van der Waals surface area contributed by atoms with Gasteiger partial charge in [0, 0.05) is 6.04 Å². The van der Waals surface area contributed by atoms with Crippen LogP contribution in [-0.2, 0) is 10.0 Å². The van der Waals surface area contributed by atoms with Gasteiger partial charge in [0.2, 0.25) is 10.0 Å². The number of hydrogen-bond acceptors (Lipinski definition) is 3. The highest BCUT2D eigenvalue weighted by Crippen LogP contribution is 2.22. The van der Waals surface area contributed by atoms with E-state index in [0.29, 0.717) is 5.56 Å². The van der Waals surface area contributed by atoms with E-state index in [1.807, 2.05) is 0 Å². The number of halogens is 4. The number of nitrogens with one attached hydrogen (secondary N) is 1. The molecule has 1 unspecified atom stereocenters. The van der Waals surface area contributed by atoms with Crippen molar-refractivity contribution in [3.05, 3.63) is 29.8 Å². The van der Waals surface area contributed by atoms with Crippen LogP contribution < -0.4 is 10.5 Å². The number of hydrogen-bond donors (Lipinski definition) is 2. The van der Waals surface area contributed by atoms with Crippen LogP contribution in [0.4, 0.5) is 17.6 Å². The van der Waals surface area contributed by atoms with E-state index < -0.39 is 28.9 Å². The lowest BCUT2D eigenvalue weighted by atomic mass is 10.1. The third kappa shape index (κ3) is 4.15. The Hall–Kier alpha value is -1.19. The SMILES string of the molecule is CC(N)c1ccc(S(=O)(=O)NCC(F)(F)C(F)F)cc1. The van der Waals surface area contributed by atoms with E-state index in [2.05, 4.69) is 0 Å². The van der Waals surface area contributed by atoms with Gasteiger partial charge in [0.05, 0.1) is 11.4 Å². The number of nitrogens with two attached hydrogens (primary N) is 1. The minimum atomic E-state index is -4.42. The average Bonchev–Trinajstić information content (AvgIpc) is 2.36. The van der Waals surface area contributed by atoms with Gasteiger partial charge in [0.15, 0.2) is 0 Å². The molecule has 1 atom stereocenters. The summed E-state index contributed by atoms with van der Waals surface area (Å²) in [7, 11) is -4.27. The second kappa shape index (κ2) is 6.06. The van der Waals surface area contributed by atoms with Crippen molar-refractivity contribution in [2.24, 2.45) is 5.73 Å². The van der Waals surface area contributed by atoms with Gasteiger partial charge in [-0.2, -0.15) is 8.78 Å². The standard InChI is InChI=1S/C11H14F4N2O2S/c1-7(16)8-2-4-9(5-3-8)20(18,19)17-6-11(14,15)10(12)13/h2-5,7,10,17H,6,16H2,1H3. The van der Waals surface area contributed by atoms with Gasteiger partial charge >= 0.3 is 12.3 Å². The molecule has 1 aromatic rings. The number of alkyl halides is 4. The highest BCUT2D eigenvalue weighted by molar-refractivity contribution is 7.89. The molecular weight excluding hydrogens is 300 g/mol. The van der Waals surface area contributed by atoms with Gasteiger partial charge in [0.25, 0.3) is 0 Å². The molecule has 0 spiro atoms. The Bertz CT molecular complexity index is 544. The van der Waals surface area contributed by atoms with Crippen molar-refractivity contribution in [2.75, 3.05) is 6.54 Å². The van der Waals surface area contributed by atoms with E-state index in [-0.39, 0.29) is 10.9 Å². The first-order chi connectivity index (χ1) is 9.06. The topological polar surface area (TPSA) is 72.2 Å². The summed E-state index contributed by atoms with van der Waals surface area (Å²) in [6.45, 7) is 0.0208. The van der Waals surface area contributed by atoms with E-state index in [1.165, 1.54) is 29.0 Å². The Morgan fingerprint density at radius 1 is 1.25 bits per heavy atom. The smallest absolute Gasteiger partial charge is 0.320 e. The minimum absolute atomic E-state index is 0.299. The van der Waals surface area contributed by atoms with E-state index in [9.17, 15) is 26.0 Å². The van der Waals surface area contributed by atoms with E-state index in [1.54, 1.807) is 6.92 Å². The number of benzene rings is 1. The molecule has 0 aliphatic heterocycles. The molecule has 0 aromatic heterocycles. The quantitative estimate of drug-likeness (QED) is 0.788. The zero-order valence-electron chi connectivity index (χ0n) is 10.5. The normalized spacial score (nSPS) is 14.6. The summed E-state index contributed by atoms with van der Waals surface area (Å²) in [6.07, 6.45) is -3.94. The Morgan fingerprint density at radius 3 is 2.15 bits per heavy atom. The molecule has 9 heteroatoms. The fourth-order valence-corrected chi connectivity index (χ4v) is 2.35. The summed E-state index contributed by atoms with van der Waals surface area (Å²) in [5, 5.41) is 0. The molecular formula is C11H14F4N2O2S. The Kier molecular flexibility index (Phi) is 5.11. The van der Waals surface area contributed by atoms with Gasteiger partial charge in [-0.15, -0.1) is 0 Å². The molecule has 114 valence electrons. The van der Waals surface area contributed by atoms with Crippen molar-refractivity contribution >= 4 is 10.0 Å². The Balaban J connectivity index is 2.84. The number of sulfonamides is 1. The fraction of sp³-hybridized carbons (Fsp3) is 0.455. The molecule has 1 aromatic carbocycles. The summed E-state index contributed by atoms with van der Waals surface area (Å²) in [5.41, 5.74) is 6.23. The zero-order valence-corrected chi connectivity index (χ0v) is 11.3. The first-order valence-electron chi connectivity index (χ1n) is 5.57. The molecule has 0 heterocycles. The van der Waals surface area contributed by atoms with Gasteiger partial charge in [-0.25, -0.2) is 21.9 Å². The van der Waals surface area contributed by atoms with Crippen LogP contribution in [0.15, 0.2) is 29.2 Å². The Labute approximate surface area is 114 Å². The van der Waals surface area contributed by atoms with Gasteiger partial charge < -0.3 is 5.73 Å². The second-order valence-electron chi connectivity index (χ2n) is 4.24. The lowest BCUT2D eigenvalue weighted by Crippen LogP contribution is -2.41. The summed E-state index contributed by atoms with van der Waals surface area (Å²) in [5.74, 6) is -4.42. The third-order valence-corrected chi connectivity index (χ3v) is 3.95. The summed E-state index contributed by atoms with van der Waals surface area (Å²) in [6, 6.07) is 4.86. The van der Waals surface area contributed by atoms with Gasteiger partial charge in [-0.1, -0.05) is 12.1 Å². The Morgan fingerprint density at radius 2 is 1.75 bits per heavy atom. The average molecular weight is 314 g/mol. The summed E-state index contributed by atoms with van der Waals surface area (Å²) in [4.78, 5) is -0.299. The molecule has 20 heavy (non-hydrogen) atoms. The van der Waals surface area contributed by atoms with E-state index >= 15 is 0 Å². The third-order valence-electron chi connectivity index (χ3n) is 2.53. The van der Waals surface area contributed by atoms with Crippen molar-refractivity contribution in [3.8, 4) is 0 Å². The molecule has 0 amide bonds. The van der Waals surface area contributed by atoms with Crippen molar-refractivity contribution in [1.82, 2.24) is 4.72 Å². The summed E-state index contributed by atoms with van der Waals surface area (Å²) >= 11 is 0. The monoisotopic (exact) mass is 314 g/mol. The van der Waals surface area contributed by atoms with Crippen LogP contribution >= 0.6 is 0 Å². The van der Waals surface area contributed by atoms with Crippen LogP contribution in [0.25, 0.3) is 0 Å². The molecule has 1 rings (SSSR count). The van der Waals surface area contributed by atoms with Crippen molar-refractivity contribution in [2.45, 2.75) is 30.2 Å². The van der Waals surface area contributed by atoms with Crippen LogP contribution in [0.5, 0.6) is 0 Å². The second-order valence-corrected chi connectivity index (χ2v) is 6.01. The predicted molar refractivity (Wildman–Crippen MR) is 65.2 cm³/mol. The molecule has 4 nitrogen and oxygen atoms in total. The van der Waals surface area contributed by atoms with Crippen LogP contribution in [-0.4, -0.2) is 27.3 Å². The van der Waals surface area contributed by atoms with Crippen molar-refractivity contribution in [1.29, 1.82) is 0 Å². The van der Waals surface area contributed by atoms with Gasteiger partial charge in [0.1, 0.15) is 0 Å². The van der Waals surface area contributed by atoms with E-state index in [4.69, 9.17) is 5.73 Å². The molecule has 0 saturated carbocycles. The predicted octanol–water partition coefficient (Wildman–Crippen LogP) is 1.88. The molecule has 0 aliphatic rings. The highest BCUT2D eigenvalue weighted by atomic mass is 32.2. The van der Waals surface area contributed by atoms with Crippen LogP contribution in [0.1, 0.15) is 18.5 Å². The van der Waals surface area contributed by atoms with Crippen LogP contribution in [0, 0.1) is 0 Å². The van der Waals surface area contributed by atoms with Gasteiger partial charge in [-0.3, -0.25) is 0 Å². The van der Waals surface area contributed by atoms with Crippen LogP contribution in [0.2, 0.25) is 0 Å². The maximum absolute atomic E-state index is 12.7. The summed E-state index contributed by atoms with van der Waals surface area (Å²) < 4.78 is 74.0. The van der Waals surface area contributed by atoms with Crippen LogP contribution in [0.3, 0.4) is 0 Å². The zero-order chi connectivity index (χ0) is 15.6. The van der Waals surface area contributed by atoms with Crippen molar-refractivity contribution < 1.29 is 26.0 Å². The van der Waals surface area contributed by atoms with Crippen molar-refractivity contribution in [3.63, 3.8) is 0 Å². The molecule has 0 aliphatic carbocycles. The lowest BCUT2D eigenvalue weighted by molar-refractivity contribution is -0.122. The molecule has 3 N–H and O–H groups in total. The maximum Gasteiger partial charge on any atom is 0.320 e. The molecule has 0 saturated heterocycles. The minimum Gasteiger partial charge on any atom is -0.324 e. The van der Waals surface area contributed by atoms with E-state index in [0.717, 1.165) is 0 Å². The largest absolute Gasteiger partial charge is 0.324 e. The molecule has 0 fully saturated rings. The number of rotatable bonds is 6. The molecule has 0 radical (unpaired) electrons. The van der Waals surface area contributed by atoms with Gasteiger partial charge in [-0.05, 0) is 24.6 Å². The molecule has 0 bridgehead atoms. The fourth-order valence-electron chi connectivity index (χ4n) is 1.30. The highest BCUT2D eigenvalue weighted by Gasteiger charge is 2.41. The maximum atomic E-state index is 12.7. The first-order valence-corrected chi connectivity index (χ1v) is 7.06.